The maximum absolute atomic E-state index is 12.9. The Balaban J connectivity index is 1.75. The molecule has 25 heavy (non-hydrogen) atoms. The van der Waals surface area contributed by atoms with Crippen LogP contribution in [0.5, 0.6) is 0 Å². The fourth-order valence-corrected chi connectivity index (χ4v) is 3.77. The minimum atomic E-state index is -0.344. The lowest BCUT2D eigenvalue weighted by molar-refractivity contribution is -0.0290. The number of methoxy groups -OCH3 is 1. The van der Waals surface area contributed by atoms with E-state index in [4.69, 9.17) is 9.47 Å². The molecule has 0 unspecified atom stereocenters. The fourth-order valence-electron chi connectivity index (χ4n) is 2.79. The van der Waals surface area contributed by atoms with E-state index in [9.17, 15) is 4.79 Å². The Morgan fingerprint density at radius 3 is 3.08 bits per heavy atom. The molecule has 9 nitrogen and oxygen atoms in total. The molecule has 1 aliphatic rings. The molecule has 1 atom stereocenters. The molecule has 1 aliphatic heterocycles. The first-order chi connectivity index (χ1) is 12.1. The maximum atomic E-state index is 12.9. The van der Waals surface area contributed by atoms with Crippen LogP contribution in [0.3, 0.4) is 0 Å². The van der Waals surface area contributed by atoms with Crippen LogP contribution in [-0.4, -0.2) is 69.4 Å². The van der Waals surface area contributed by atoms with Crippen LogP contribution in [0, 0.1) is 6.92 Å². The van der Waals surface area contributed by atoms with Crippen LogP contribution >= 0.6 is 11.3 Å². The molecule has 2 aromatic heterocycles. The standard InChI is InChI=1S/C15H22N6O3S/c1-4-11-13(25-10(2)16-11)15(22)20-5-8-24-12(9-20)14-17-18-19-21(14)6-7-23-3/h12H,4-9H2,1-3H3/t12-/m1/s1. The van der Waals surface area contributed by atoms with Crippen molar-refractivity contribution in [2.75, 3.05) is 33.4 Å². The number of amides is 1. The number of morpholine rings is 1. The van der Waals surface area contributed by atoms with Gasteiger partial charge in [-0.3, -0.25) is 4.79 Å². The number of carbonyl (C=O) groups is 1. The van der Waals surface area contributed by atoms with Gasteiger partial charge < -0.3 is 14.4 Å². The highest BCUT2D eigenvalue weighted by molar-refractivity contribution is 7.13. The van der Waals surface area contributed by atoms with Crippen molar-refractivity contribution in [3.05, 3.63) is 21.4 Å². The number of aromatic nitrogens is 5. The zero-order chi connectivity index (χ0) is 17.8. The van der Waals surface area contributed by atoms with Gasteiger partial charge in [-0.2, -0.15) is 0 Å². The molecule has 0 radical (unpaired) electrons. The van der Waals surface area contributed by atoms with Crippen LogP contribution in [0.4, 0.5) is 0 Å². The van der Waals surface area contributed by atoms with Gasteiger partial charge in [-0.1, -0.05) is 6.92 Å². The van der Waals surface area contributed by atoms with Crippen LogP contribution in [0.2, 0.25) is 0 Å². The first kappa shape index (κ1) is 17.9. The molecule has 136 valence electrons. The van der Waals surface area contributed by atoms with Gasteiger partial charge in [0.15, 0.2) is 5.82 Å². The summed E-state index contributed by atoms with van der Waals surface area (Å²) < 4.78 is 12.5. The molecule has 0 aliphatic carbocycles. The third-order valence-corrected chi connectivity index (χ3v) is 5.04. The van der Waals surface area contributed by atoms with E-state index in [0.717, 1.165) is 22.0 Å². The fraction of sp³-hybridized carbons (Fsp3) is 0.667. The molecule has 3 heterocycles. The summed E-state index contributed by atoms with van der Waals surface area (Å²) >= 11 is 1.45. The normalized spacial score (nSPS) is 17.9. The molecule has 1 amide bonds. The highest BCUT2D eigenvalue weighted by Crippen LogP contribution is 2.25. The van der Waals surface area contributed by atoms with Crippen molar-refractivity contribution >= 4 is 17.2 Å². The number of nitrogens with zero attached hydrogens (tertiary/aromatic N) is 6. The molecule has 0 spiro atoms. The van der Waals surface area contributed by atoms with Gasteiger partial charge in [0.25, 0.3) is 5.91 Å². The van der Waals surface area contributed by atoms with Crippen molar-refractivity contribution < 1.29 is 14.3 Å². The van der Waals surface area contributed by atoms with E-state index in [1.54, 1.807) is 16.7 Å². The third kappa shape index (κ3) is 3.86. The number of thiazole rings is 1. The first-order valence-corrected chi connectivity index (χ1v) is 9.07. The van der Waals surface area contributed by atoms with E-state index in [-0.39, 0.29) is 12.0 Å². The number of aryl methyl sites for hydroxylation is 2. The molecule has 0 bridgehead atoms. The summed E-state index contributed by atoms with van der Waals surface area (Å²) in [5.41, 5.74) is 0.862. The van der Waals surface area contributed by atoms with Gasteiger partial charge in [-0.25, -0.2) is 9.67 Å². The summed E-state index contributed by atoms with van der Waals surface area (Å²) in [5.74, 6) is 0.623. The number of carbonyl (C=O) groups excluding carboxylic acids is 1. The highest BCUT2D eigenvalue weighted by atomic mass is 32.1. The Labute approximate surface area is 149 Å². The SMILES string of the molecule is CCc1nc(C)sc1C(=O)N1CCO[C@@H](c2nnnn2CCOC)C1. The lowest BCUT2D eigenvalue weighted by atomic mass is 10.2. The lowest BCUT2D eigenvalue weighted by Gasteiger charge is -2.32. The van der Waals surface area contributed by atoms with E-state index in [2.05, 4.69) is 20.5 Å². The summed E-state index contributed by atoms with van der Waals surface area (Å²) in [4.78, 5) is 19.9. The quantitative estimate of drug-likeness (QED) is 0.748. The molecule has 1 fully saturated rings. The second-order valence-corrected chi connectivity index (χ2v) is 6.93. The summed E-state index contributed by atoms with van der Waals surface area (Å²) in [6.45, 7) is 6.41. The average molecular weight is 366 g/mol. The van der Waals surface area contributed by atoms with Crippen LogP contribution < -0.4 is 0 Å². The van der Waals surface area contributed by atoms with Gasteiger partial charge in [-0.05, 0) is 23.8 Å². The maximum Gasteiger partial charge on any atom is 0.266 e. The predicted molar refractivity (Wildman–Crippen MR) is 90.5 cm³/mol. The zero-order valence-corrected chi connectivity index (χ0v) is 15.5. The van der Waals surface area contributed by atoms with Crippen molar-refractivity contribution in [3.8, 4) is 0 Å². The predicted octanol–water partition coefficient (Wildman–Crippen LogP) is 0.861. The summed E-state index contributed by atoms with van der Waals surface area (Å²) in [7, 11) is 1.63. The van der Waals surface area contributed by atoms with Crippen molar-refractivity contribution in [3.63, 3.8) is 0 Å². The topological polar surface area (TPSA) is 95.3 Å². The van der Waals surface area contributed by atoms with E-state index in [1.807, 2.05) is 13.8 Å². The summed E-state index contributed by atoms with van der Waals surface area (Å²) in [6.07, 6.45) is 0.401. The van der Waals surface area contributed by atoms with Crippen LogP contribution in [-0.2, 0) is 22.4 Å². The third-order valence-electron chi connectivity index (χ3n) is 4.04. The minimum absolute atomic E-state index is 0.00617. The molecule has 0 aromatic carbocycles. The molecular formula is C15H22N6O3S. The van der Waals surface area contributed by atoms with Crippen LogP contribution in [0.25, 0.3) is 0 Å². The average Bonchev–Trinajstić information content (AvgIpc) is 3.25. The van der Waals surface area contributed by atoms with E-state index >= 15 is 0 Å². The minimum Gasteiger partial charge on any atom is -0.383 e. The van der Waals surface area contributed by atoms with E-state index in [0.29, 0.717) is 38.7 Å². The molecule has 0 N–H and O–H groups in total. The summed E-state index contributed by atoms with van der Waals surface area (Å²) in [5, 5.41) is 12.7. The number of hydrogen-bond donors (Lipinski definition) is 0. The summed E-state index contributed by atoms with van der Waals surface area (Å²) in [6, 6.07) is 0. The molecular weight excluding hydrogens is 344 g/mol. The monoisotopic (exact) mass is 366 g/mol. The Morgan fingerprint density at radius 1 is 1.48 bits per heavy atom. The number of tetrazole rings is 1. The highest BCUT2D eigenvalue weighted by Gasteiger charge is 2.31. The van der Waals surface area contributed by atoms with Crippen LogP contribution in [0.1, 0.15) is 39.2 Å². The smallest absolute Gasteiger partial charge is 0.266 e. The Morgan fingerprint density at radius 2 is 2.32 bits per heavy atom. The molecule has 2 aromatic rings. The van der Waals surface area contributed by atoms with Crippen LogP contribution in [0.15, 0.2) is 0 Å². The van der Waals surface area contributed by atoms with Crippen molar-refractivity contribution in [1.29, 1.82) is 0 Å². The molecule has 0 saturated carbocycles. The van der Waals surface area contributed by atoms with E-state index < -0.39 is 0 Å². The zero-order valence-electron chi connectivity index (χ0n) is 14.6. The van der Waals surface area contributed by atoms with Gasteiger partial charge in [0.2, 0.25) is 0 Å². The van der Waals surface area contributed by atoms with Gasteiger partial charge in [-0.15, -0.1) is 16.4 Å². The largest absolute Gasteiger partial charge is 0.383 e. The van der Waals surface area contributed by atoms with Crippen molar-refractivity contribution in [2.24, 2.45) is 0 Å². The van der Waals surface area contributed by atoms with E-state index in [1.165, 1.54) is 11.3 Å². The van der Waals surface area contributed by atoms with Crippen molar-refractivity contribution in [2.45, 2.75) is 32.9 Å². The number of hydrogen-bond acceptors (Lipinski definition) is 8. The van der Waals surface area contributed by atoms with Gasteiger partial charge in [0.1, 0.15) is 11.0 Å². The second-order valence-electron chi connectivity index (χ2n) is 5.73. The number of rotatable bonds is 6. The van der Waals surface area contributed by atoms with Gasteiger partial charge >= 0.3 is 0 Å². The lowest BCUT2D eigenvalue weighted by Crippen LogP contribution is -2.43. The number of ether oxygens (including phenoxy) is 2. The Hall–Kier alpha value is -1.91. The molecule has 3 rings (SSSR count). The van der Waals surface area contributed by atoms with Gasteiger partial charge in [0.05, 0.1) is 37.0 Å². The Kier molecular flexibility index (Phi) is 5.71. The second kappa shape index (κ2) is 7.98. The molecule has 1 saturated heterocycles. The Bertz CT molecular complexity index is 731. The van der Waals surface area contributed by atoms with Gasteiger partial charge in [0, 0.05) is 13.7 Å². The molecule has 10 heteroatoms. The first-order valence-electron chi connectivity index (χ1n) is 8.26. The van der Waals surface area contributed by atoms with Crippen molar-refractivity contribution in [1.82, 2.24) is 30.1 Å².